The van der Waals surface area contributed by atoms with Crippen LogP contribution >= 0.6 is 11.6 Å². The van der Waals surface area contributed by atoms with Crippen molar-refractivity contribution in [1.82, 2.24) is 4.98 Å². The minimum Gasteiger partial charge on any atom is -0.478 e. The maximum Gasteiger partial charge on any atom is 0.336 e. The zero-order chi connectivity index (χ0) is 21.8. The van der Waals surface area contributed by atoms with Crippen molar-refractivity contribution in [2.45, 2.75) is 0 Å². The van der Waals surface area contributed by atoms with Gasteiger partial charge in [0.05, 0.1) is 5.56 Å². The maximum atomic E-state index is 11.8. The molecule has 0 radical (unpaired) electrons. The number of aromatic carboxylic acids is 1. The van der Waals surface area contributed by atoms with Crippen LogP contribution in [0.25, 0.3) is 55.3 Å². The van der Waals surface area contributed by atoms with Crippen LogP contribution in [0.2, 0.25) is 5.02 Å². The van der Waals surface area contributed by atoms with Crippen LogP contribution in [0.15, 0.2) is 91.3 Å². The van der Waals surface area contributed by atoms with Gasteiger partial charge in [-0.05, 0) is 92.2 Å². The molecule has 32 heavy (non-hydrogen) atoms. The molecule has 4 aromatic carbocycles. The molecule has 3 nitrogen and oxygen atoms in total. The van der Waals surface area contributed by atoms with E-state index in [1.54, 1.807) is 24.5 Å². The molecule has 6 rings (SSSR count). The summed E-state index contributed by atoms with van der Waals surface area (Å²) in [5.74, 6) is -0.956. The Morgan fingerprint density at radius 1 is 0.719 bits per heavy atom. The molecule has 4 heteroatoms. The number of carboxylic acid groups (broad SMARTS) is 1. The van der Waals surface area contributed by atoms with E-state index in [0.29, 0.717) is 10.6 Å². The van der Waals surface area contributed by atoms with Gasteiger partial charge in [-0.2, -0.15) is 0 Å². The summed E-state index contributed by atoms with van der Waals surface area (Å²) in [5.41, 5.74) is 8.14. The molecule has 0 saturated carbocycles. The van der Waals surface area contributed by atoms with Gasteiger partial charge in [-0.1, -0.05) is 48.0 Å². The Kier molecular flexibility index (Phi) is 4.14. The first kappa shape index (κ1) is 18.8. The third-order valence-corrected chi connectivity index (χ3v) is 6.41. The number of carbonyl (C=O) groups is 1. The van der Waals surface area contributed by atoms with Crippen LogP contribution in [-0.4, -0.2) is 16.1 Å². The molecular formula is C28H16ClNO2. The van der Waals surface area contributed by atoms with Crippen molar-refractivity contribution in [2.24, 2.45) is 0 Å². The van der Waals surface area contributed by atoms with Crippen LogP contribution in [0, 0.1) is 0 Å². The summed E-state index contributed by atoms with van der Waals surface area (Å²) in [7, 11) is 0. The Labute approximate surface area is 189 Å². The molecule has 0 atom stereocenters. The smallest absolute Gasteiger partial charge is 0.336 e. The molecule has 1 aromatic heterocycles. The summed E-state index contributed by atoms with van der Waals surface area (Å²) < 4.78 is 0. The summed E-state index contributed by atoms with van der Waals surface area (Å²) in [6.07, 6.45) is 3.59. The number of hydrogen-bond acceptors (Lipinski definition) is 2. The van der Waals surface area contributed by atoms with Gasteiger partial charge in [0.25, 0.3) is 0 Å². The highest BCUT2D eigenvalue weighted by Crippen LogP contribution is 2.52. The lowest BCUT2D eigenvalue weighted by molar-refractivity contribution is 0.0697. The summed E-state index contributed by atoms with van der Waals surface area (Å²) in [5, 5.41) is 12.6. The van der Waals surface area contributed by atoms with Gasteiger partial charge in [0, 0.05) is 23.0 Å². The third kappa shape index (κ3) is 2.75. The lowest BCUT2D eigenvalue weighted by Gasteiger charge is -2.12. The molecule has 152 valence electrons. The molecule has 0 unspecified atom stereocenters. The van der Waals surface area contributed by atoms with E-state index < -0.39 is 5.97 Å². The monoisotopic (exact) mass is 433 g/mol. The highest BCUT2D eigenvalue weighted by molar-refractivity contribution is 6.36. The number of pyridine rings is 1. The van der Waals surface area contributed by atoms with Crippen LogP contribution in [0.5, 0.6) is 0 Å². The minimum atomic E-state index is -0.956. The lowest BCUT2D eigenvalue weighted by Crippen LogP contribution is -1.99. The van der Waals surface area contributed by atoms with Gasteiger partial charge in [0.15, 0.2) is 0 Å². The Morgan fingerprint density at radius 2 is 1.47 bits per heavy atom. The highest BCUT2D eigenvalue weighted by atomic mass is 35.5. The topological polar surface area (TPSA) is 50.2 Å². The van der Waals surface area contributed by atoms with E-state index in [4.69, 9.17) is 11.6 Å². The van der Waals surface area contributed by atoms with E-state index in [1.807, 2.05) is 30.3 Å². The number of hydrogen-bond donors (Lipinski definition) is 1. The number of benzene rings is 4. The Hall–Kier alpha value is -3.95. The van der Waals surface area contributed by atoms with E-state index >= 15 is 0 Å². The van der Waals surface area contributed by atoms with Gasteiger partial charge in [0.2, 0.25) is 0 Å². The fourth-order valence-electron chi connectivity index (χ4n) is 4.73. The molecule has 0 bridgehead atoms. The normalized spacial score (nSPS) is 11.5. The predicted octanol–water partition coefficient (Wildman–Crippen LogP) is 7.57. The van der Waals surface area contributed by atoms with E-state index in [9.17, 15) is 9.90 Å². The highest BCUT2D eigenvalue weighted by Gasteiger charge is 2.26. The van der Waals surface area contributed by atoms with Gasteiger partial charge < -0.3 is 5.11 Å². The average Bonchev–Trinajstić information content (AvgIpc) is 3.15. The minimum absolute atomic E-state index is 0.259. The zero-order valence-corrected chi connectivity index (χ0v) is 17.6. The second-order valence-corrected chi connectivity index (χ2v) is 8.30. The molecule has 0 fully saturated rings. The first-order valence-electron chi connectivity index (χ1n) is 10.3. The largest absolute Gasteiger partial charge is 0.478 e. The lowest BCUT2D eigenvalue weighted by atomic mass is 9.93. The molecule has 1 N–H and O–H groups in total. The SMILES string of the molecule is O=C(O)c1ccccc1-c1cc(Cl)c2c(c1)-c1cc(-c3ccncc3)cc3cccc-2c13. The van der Waals surface area contributed by atoms with Gasteiger partial charge in [-0.3, -0.25) is 4.98 Å². The first-order chi connectivity index (χ1) is 15.6. The fourth-order valence-corrected chi connectivity index (χ4v) is 5.05. The number of halogens is 1. The van der Waals surface area contributed by atoms with Crippen molar-refractivity contribution in [3.63, 3.8) is 0 Å². The zero-order valence-electron chi connectivity index (χ0n) is 16.8. The van der Waals surface area contributed by atoms with Crippen molar-refractivity contribution in [3.8, 4) is 44.5 Å². The van der Waals surface area contributed by atoms with Crippen LogP contribution in [0.4, 0.5) is 0 Å². The van der Waals surface area contributed by atoms with Crippen molar-refractivity contribution in [3.05, 3.63) is 102 Å². The maximum absolute atomic E-state index is 11.8. The van der Waals surface area contributed by atoms with Crippen molar-refractivity contribution < 1.29 is 9.90 Å². The summed E-state index contributed by atoms with van der Waals surface area (Å²) in [6.45, 7) is 0. The van der Waals surface area contributed by atoms with Gasteiger partial charge in [0.1, 0.15) is 0 Å². The number of nitrogens with zero attached hydrogens (tertiary/aromatic N) is 1. The second-order valence-electron chi connectivity index (χ2n) is 7.89. The van der Waals surface area contributed by atoms with E-state index in [-0.39, 0.29) is 5.56 Å². The molecule has 1 aliphatic carbocycles. The molecule has 5 aromatic rings. The Morgan fingerprint density at radius 3 is 2.28 bits per heavy atom. The molecule has 1 aliphatic rings. The van der Waals surface area contributed by atoms with Gasteiger partial charge >= 0.3 is 5.97 Å². The Bertz CT molecular complexity index is 1560. The van der Waals surface area contributed by atoms with Crippen molar-refractivity contribution >= 4 is 28.3 Å². The van der Waals surface area contributed by atoms with Crippen LogP contribution in [0.1, 0.15) is 10.4 Å². The molecule has 0 aliphatic heterocycles. The van der Waals surface area contributed by atoms with Crippen LogP contribution in [-0.2, 0) is 0 Å². The molecule has 0 saturated heterocycles. The van der Waals surface area contributed by atoms with Crippen LogP contribution in [0.3, 0.4) is 0 Å². The van der Waals surface area contributed by atoms with Gasteiger partial charge in [-0.15, -0.1) is 0 Å². The van der Waals surface area contributed by atoms with E-state index in [1.165, 1.54) is 5.39 Å². The average molecular weight is 434 g/mol. The third-order valence-electron chi connectivity index (χ3n) is 6.11. The number of fused-ring (bicyclic) bond motifs is 3. The quantitative estimate of drug-likeness (QED) is 0.313. The van der Waals surface area contributed by atoms with Crippen molar-refractivity contribution in [2.75, 3.05) is 0 Å². The number of carboxylic acids is 1. The van der Waals surface area contributed by atoms with Crippen molar-refractivity contribution in [1.29, 1.82) is 0 Å². The summed E-state index contributed by atoms with van der Waals surface area (Å²) in [6, 6.07) is 25.6. The first-order valence-corrected chi connectivity index (χ1v) is 10.6. The fraction of sp³-hybridized carbons (Fsp3) is 0. The molecular weight excluding hydrogens is 418 g/mol. The van der Waals surface area contributed by atoms with Gasteiger partial charge in [-0.25, -0.2) is 4.79 Å². The van der Waals surface area contributed by atoms with E-state index in [2.05, 4.69) is 41.4 Å². The molecule has 1 heterocycles. The second kappa shape index (κ2) is 7.04. The van der Waals surface area contributed by atoms with E-state index in [0.717, 1.165) is 44.3 Å². The molecule has 0 amide bonds. The number of aromatic nitrogens is 1. The molecule has 0 spiro atoms. The summed E-state index contributed by atoms with van der Waals surface area (Å²) in [4.78, 5) is 15.9. The predicted molar refractivity (Wildman–Crippen MR) is 129 cm³/mol. The number of rotatable bonds is 3. The standard InChI is InChI=1S/C28H16ClNO2/c29-25-15-19(20-5-1-2-6-21(20)28(31)32)14-24-23-13-18(16-8-10-30-11-9-16)12-17-4-3-7-22(26(17)23)27(24)25/h1-15H,(H,31,32). The Balaban J connectivity index is 1.65. The van der Waals surface area contributed by atoms with Crippen LogP contribution < -0.4 is 0 Å². The summed E-state index contributed by atoms with van der Waals surface area (Å²) >= 11 is 6.83.